The fourth-order valence-electron chi connectivity index (χ4n) is 5.00. The summed E-state index contributed by atoms with van der Waals surface area (Å²) in [5.41, 5.74) is 5.09. The van der Waals surface area contributed by atoms with Gasteiger partial charge in [0.15, 0.2) is 6.79 Å². The Hall–Kier alpha value is -2.56. The second-order valence-corrected chi connectivity index (χ2v) is 12.7. The molecule has 0 spiro atoms. The number of piperazine rings is 1. The number of hydrogen-bond acceptors (Lipinski definition) is 7. The van der Waals surface area contributed by atoms with Gasteiger partial charge in [-0.15, -0.1) is 0 Å². The zero-order valence-electron chi connectivity index (χ0n) is 20.1. The number of benzene rings is 3. The monoisotopic (exact) mass is 523 g/mol. The Labute approximate surface area is 216 Å². The van der Waals surface area contributed by atoms with Gasteiger partial charge in [-0.3, -0.25) is 4.90 Å². The van der Waals surface area contributed by atoms with E-state index in [0.29, 0.717) is 32.8 Å². The third-order valence-electron chi connectivity index (χ3n) is 7.16. The SMILES string of the molecule is CC(c1ccc2c(c1)Nc1ccccc1S2)S(=O)(=O)N1CCN(Cc2cccc3c2COCO3)CC1. The topological polar surface area (TPSA) is 71.1 Å². The Bertz CT molecular complexity index is 1390. The molecule has 1 atom stereocenters. The maximum absolute atomic E-state index is 13.6. The molecular formula is C27H29N3O4S2. The molecule has 9 heteroatoms. The minimum atomic E-state index is -3.48. The van der Waals surface area contributed by atoms with Crippen molar-refractivity contribution in [3.63, 3.8) is 0 Å². The van der Waals surface area contributed by atoms with Gasteiger partial charge in [-0.05, 0) is 48.4 Å². The molecule has 3 heterocycles. The van der Waals surface area contributed by atoms with Gasteiger partial charge in [-0.25, -0.2) is 8.42 Å². The molecule has 0 bridgehead atoms. The molecule has 36 heavy (non-hydrogen) atoms. The predicted octanol–water partition coefficient (Wildman–Crippen LogP) is 4.97. The molecule has 3 aliphatic rings. The zero-order chi connectivity index (χ0) is 24.7. The molecule has 1 N–H and O–H groups in total. The van der Waals surface area contributed by atoms with Crippen LogP contribution < -0.4 is 10.1 Å². The number of nitrogens with zero attached hydrogens (tertiary/aromatic N) is 2. The molecule has 3 aromatic carbocycles. The molecule has 3 aromatic rings. The van der Waals surface area contributed by atoms with Crippen LogP contribution in [0, 0.1) is 0 Å². The average Bonchev–Trinajstić information content (AvgIpc) is 2.91. The fourth-order valence-corrected chi connectivity index (χ4v) is 7.57. The van der Waals surface area contributed by atoms with Crippen LogP contribution in [0.2, 0.25) is 0 Å². The van der Waals surface area contributed by atoms with E-state index >= 15 is 0 Å². The molecule has 7 nitrogen and oxygen atoms in total. The summed E-state index contributed by atoms with van der Waals surface area (Å²) in [5, 5.41) is 2.85. The molecule has 188 valence electrons. The van der Waals surface area contributed by atoms with Crippen LogP contribution in [0.25, 0.3) is 0 Å². The van der Waals surface area contributed by atoms with E-state index in [1.165, 1.54) is 10.5 Å². The quantitative estimate of drug-likeness (QED) is 0.396. The molecule has 0 amide bonds. The van der Waals surface area contributed by atoms with E-state index in [9.17, 15) is 8.42 Å². The molecule has 1 saturated heterocycles. The summed E-state index contributed by atoms with van der Waals surface area (Å²) in [6.07, 6.45) is 0. The molecule has 1 unspecified atom stereocenters. The van der Waals surface area contributed by atoms with Crippen molar-refractivity contribution in [2.45, 2.75) is 35.1 Å². The van der Waals surface area contributed by atoms with Crippen molar-refractivity contribution in [2.24, 2.45) is 0 Å². The molecule has 6 rings (SSSR count). The third kappa shape index (κ3) is 4.50. The molecular weight excluding hydrogens is 494 g/mol. The molecule has 3 aliphatic heterocycles. The van der Waals surface area contributed by atoms with Crippen molar-refractivity contribution < 1.29 is 17.9 Å². The first kappa shape index (κ1) is 23.8. The van der Waals surface area contributed by atoms with Gasteiger partial charge in [0.25, 0.3) is 0 Å². The highest BCUT2D eigenvalue weighted by atomic mass is 32.2. The van der Waals surface area contributed by atoms with Gasteiger partial charge in [0.05, 0.1) is 23.2 Å². The number of nitrogens with one attached hydrogen (secondary N) is 1. The number of rotatable bonds is 5. The van der Waals surface area contributed by atoms with Crippen LogP contribution in [0.1, 0.15) is 28.9 Å². The van der Waals surface area contributed by atoms with Gasteiger partial charge < -0.3 is 14.8 Å². The lowest BCUT2D eigenvalue weighted by Gasteiger charge is -2.36. The van der Waals surface area contributed by atoms with Crippen LogP contribution in [0.3, 0.4) is 0 Å². The predicted molar refractivity (Wildman–Crippen MR) is 141 cm³/mol. The lowest BCUT2D eigenvalue weighted by Crippen LogP contribution is -2.49. The van der Waals surface area contributed by atoms with E-state index in [4.69, 9.17) is 9.47 Å². The smallest absolute Gasteiger partial charge is 0.220 e. The summed E-state index contributed by atoms with van der Waals surface area (Å²) >= 11 is 1.70. The Morgan fingerprint density at radius 1 is 0.972 bits per heavy atom. The van der Waals surface area contributed by atoms with Crippen molar-refractivity contribution in [3.05, 3.63) is 77.4 Å². The number of anilines is 2. The van der Waals surface area contributed by atoms with Crippen LogP contribution in [-0.2, 0) is 27.9 Å². The Morgan fingerprint density at radius 3 is 2.64 bits per heavy atom. The molecule has 0 aliphatic carbocycles. The second-order valence-electron chi connectivity index (χ2n) is 9.35. The second kappa shape index (κ2) is 9.72. The summed E-state index contributed by atoms with van der Waals surface area (Å²) in [6, 6.07) is 20.2. The van der Waals surface area contributed by atoms with Crippen LogP contribution >= 0.6 is 11.8 Å². The van der Waals surface area contributed by atoms with Crippen molar-refractivity contribution in [2.75, 3.05) is 38.3 Å². The first-order chi connectivity index (χ1) is 17.5. The van der Waals surface area contributed by atoms with Gasteiger partial charge in [0, 0.05) is 48.1 Å². The number of hydrogen-bond donors (Lipinski definition) is 1. The van der Waals surface area contributed by atoms with E-state index in [-0.39, 0.29) is 6.79 Å². The van der Waals surface area contributed by atoms with E-state index in [1.54, 1.807) is 23.0 Å². The first-order valence-corrected chi connectivity index (χ1v) is 14.5. The maximum atomic E-state index is 13.6. The minimum absolute atomic E-state index is 0.289. The molecule has 0 saturated carbocycles. The van der Waals surface area contributed by atoms with Crippen LogP contribution in [0.4, 0.5) is 11.4 Å². The van der Waals surface area contributed by atoms with Crippen molar-refractivity contribution in [1.29, 1.82) is 0 Å². The zero-order valence-corrected chi connectivity index (χ0v) is 21.8. The normalized spacial score (nSPS) is 18.8. The lowest BCUT2D eigenvalue weighted by atomic mass is 10.1. The van der Waals surface area contributed by atoms with Crippen molar-refractivity contribution in [1.82, 2.24) is 9.21 Å². The van der Waals surface area contributed by atoms with E-state index in [0.717, 1.165) is 39.7 Å². The summed E-state index contributed by atoms with van der Waals surface area (Å²) in [4.78, 5) is 4.58. The molecule has 0 aromatic heterocycles. The van der Waals surface area contributed by atoms with Crippen LogP contribution in [0.15, 0.2) is 70.5 Å². The van der Waals surface area contributed by atoms with Gasteiger partial charge in [-0.2, -0.15) is 4.31 Å². The van der Waals surface area contributed by atoms with Gasteiger partial charge in [0.1, 0.15) is 5.75 Å². The summed E-state index contributed by atoms with van der Waals surface area (Å²) < 4.78 is 39.8. The highest BCUT2D eigenvalue weighted by molar-refractivity contribution is 7.99. The van der Waals surface area contributed by atoms with Crippen molar-refractivity contribution in [3.8, 4) is 5.75 Å². The lowest BCUT2D eigenvalue weighted by molar-refractivity contribution is -0.0172. The number of para-hydroxylation sites is 1. The van der Waals surface area contributed by atoms with E-state index in [2.05, 4.69) is 22.3 Å². The molecule has 0 radical (unpaired) electrons. The standard InChI is InChI=1S/C27H29N3O4S2/c1-19(20-9-10-27-24(15-20)28-23-6-2-3-8-26(23)35-27)36(31,32)30-13-11-29(12-14-30)16-21-5-4-7-25-22(21)17-33-18-34-25/h2-10,15,19,28H,11-14,16-18H2,1H3. The van der Waals surface area contributed by atoms with Gasteiger partial charge in [-0.1, -0.05) is 42.1 Å². The van der Waals surface area contributed by atoms with Crippen LogP contribution in [-0.4, -0.2) is 50.6 Å². The average molecular weight is 524 g/mol. The highest BCUT2D eigenvalue weighted by Gasteiger charge is 2.33. The van der Waals surface area contributed by atoms with E-state index in [1.807, 2.05) is 48.5 Å². The highest BCUT2D eigenvalue weighted by Crippen LogP contribution is 2.45. The minimum Gasteiger partial charge on any atom is -0.467 e. The van der Waals surface area contributed by atoms with Crippen molar-refractivity contribution >= 4 is 33.2 Å². The number of fused-ring (bicyclic) bond motifs is 3. The fraction of sp³-hybridized carbons (Fsp3) is 0.333. The largest absolute Gasteiger partial charge is 0.467 e. The first-order valence-electron chi connectivity index (χ1n) is 12.2. The Kier molecular flexibility index (Phi) is 6.43. The summed E-state index contributed by atoms with van der Waals surface area (Å²) in [7, 11) is -3.48. The summed E-state index contributed by atoms with van der Waals surface area (Å²) in [5.74, 6) is 0.884. The Balaban J connectivity index is 1.12. The maximum Gasteiger partial charge on any atom is 0.220 e. The summed E-state index contributed by atoms with van der Waals surface area (Å²) in [6.45, 7) is 5.75. The van der Waals surface area contributed by atoms with Gasteiger partial charge >= 0.3 is 0 Å². The number of ether oxygens (including phenoxy) is 2. The number of sulfonamides is 1. The molecule has 1 fully saturated rings. The van der Waals surface area contributed by atoms with E-state index < -0.39 is 15.3 Å². The Morgan fingerprint density at radius 2 is 1.78 bits per heavy atom. The third-order valence-corrected chi connectivity index (χ3v) is 10.6. The van der Waals surface area contributed by atoms with Crippen LogP contribution in [0.5, 0.6) is 5.75 Å². The van der Waals surface area contributed by atoms with Gasteiger partial charge in [0.2, 0.25) is 10.0 Å².